The molecule has 0 unspecified atom stereocenters. The fourth-order valence-electron chi connectivity index (χ4n) is 2.34. The van der Waals surface area contributed by atoms with E-state index >= 15 is 0 Å². The lowest BCUT2D eigenvalue weighted by atomic mass is 9.99. The van der Waals surface area contributed by atoms with Gasteiger partial charge in [0, 0.05) is 26.2 Å². The van der Waals surface area contributed by atoms with Gasteiger partial charge in [-0.1, -0.05) is 0 Å². The minimum atomic E-state index is 0.102. The SMILES string of the molecule is COc1ccc(OCCN(C)C(=O)C2CCOCC2)cc1. The summed E-state index contributed by atoms with van der Waals surface area (Å²) in [7, 11) is 3.46. The first-order chi connectivity index (χ1) is 10.2. The molecule has 0 N–H and O–H groups in total. The van der Waals surface area contributed by atoms with Gasteiger partial charge in [0.15, 0.2) is 0 Å². The van der Waals surface area contributed by atoms with Crippen LogP contribution >= 0.6 is 0 Å². The molecule has 116 valence electrons. The van der Waals surface area contributed by atoms with Gasteiger partial charge >= 0.3 is 0 Å². The second kappa shape index (κ2) is 7.88. The molecule has 5 nitrogen and oxygen atoms in total. The molecule has 0 bridgehead atoms. The smallest absolute Gasteiger partial charge is 0.225 e. The molecule has 1 aliphatic heterocycles. The largest absolute Gasteiger partial charge is 0.497 e. The number of benzene rings is 1. The second-order valence-electron chi connectivity index (χ2n) is 5.17. The van der Waals surface area contributed by atoms with Crippen molar-refractivity contribution in [3.8, 4) is 11.5 Å². The lowest BCUT2D eigenvalue weighted by Gasteiger charge is -2.26. The molecular formula is C16H23NO4. The minimum absolute atomic E-state index is 0.102. The Labute approximate surface area is 125 Å². The molecule has 1 aromatic rings. The van der Waals surface area contributed by atoms with Crippen LogP contribution in [0, 0.1) is 5.92 Å². The van der Waals surface area contributed by atoms with Crippen LogP contribution in [-0.4, -0.2) is 51.3 Å². The lowest BCUT2D eigenvalue weighted by molar-refractivity contribution is -0.137. The van der Waals surface area contributed by atoms with E-state index in [2.05, 4.69) is 0 Å². The van der Waals surface area contributed by atoms with Gasteiger partial charge in [0.2, 0.25) is 5.91 Å². The normalized spacial score (nSPS) is 15.5. The number of hydrogen-bond acceptors (Lipinski definition) is 4. The van der Waals surface area contributed by atoms with Crippen LogP contribution in [0.2, 0.25) is 0 Å². The summed E-state index contributed by atoms with van der Waals surface area (Å²) >= 11 is 0. The molecule has 1 aromatic carbocycles. The Balaban J connectivity index is 1.72. The van der Waals surface area contributed by atoms with Crippen molar-refractivity contribution in [3.63, 3.8) is 0 Å². The van der Waals surface area contributed by atoms with E-state index in [-0.39, 0.29) is 11.8 Å². The van der Waals surface area contributed by atoms with E-state index in [9.17, 15) is 4.79 Å². The maximum Gasteiger partial charge on any atom is 0.225 e. The Bertz CT molecular complexity index is 440. The Hall–Kier alpha value is -1.75. The molecule has 5 heteroatoms. The summed E-state index contributed by atoms with van der Waals surface area (Å²) in [5.74, 6) is 1.87. The topological polar surface area (TPSA) is 48.0 Å². The third-order valence-electron chi connectivity index (χ3n) is 3.70. The van der Waals surface area contributed by atoms with Crippen LogP contribution in [0.4, 0.5) is 0 Å². The van der Waals surface area contributed by atoms with E-state index < -0.39 is 0 Å². The summed E-state index contributed by atoms with van der Waals surface area (Å²) in [5.41, 5.74) is 0. The summed E-state index contributed by atoms with van der Waals surface area (Å²) in [5, 5.41) is 0. The van der Waals surface area contributed by atoms with Crippen molar-refractivity contribution in [1.29, 1.82) is 0 Å². The summed E-state index contributed by atoms with van der Waals surface area (Å²) in [6, 6.07) is 7.43. The predicted octanol–water partition coefficient (Wildman–Crippen LogP) is 1.96. The zero-order valence-corrected chi connectivity index (χ0v) is 12.7. The number of methoxy groups -OCH3 is 1. The van der Waals surface area contributed by atoms with Crippen molar-refractivity contribution in [1.82, 2.24) is 4.90 Å². The predicted molar refractivity (Wildman–Crippen MR) is 79.7 cm³/mol. The van der Waals surface area contributed by atoms with Crippen LogP contribution in [0.1, 0.15) is 12.8 Å². The van der Waals surface area contributed by atoms with Crippen molar-refractivity contribution in [2.75, 3.05) is 40.5 Å². The highest BCUT2D eigenvalue weighted by atomic mass is 16.5. The molecule has 0 saturated carbocycles. The summed E-state index contributed by atoms with van der Waals surface area (Å²) in [4.78, 5) is 14.0. The molecular weight excluding hydrogens is 270 g/mol. The maximum absolute atomic E-state index is 12.2. The highest BCUT2D eigenvalue weighted by Crippen LogP contribution is 2.18. The monoisotopic (exact) mass is 293 g/mol. The molecule has 21 heavy (non-hydrogen) atoms. The maximum atomic E-state index is 12.2. The zero-order chi connectivity index (χ0) is 15.1. The number of likely N-dealkylation sites (N-methyl/N-ethyl adjacent to an activating group) is 1. The van der Waals surface area contributed by atoms with Gasteiger partial charge in [-0.25, -0.2) is 0 Å². The lowest BCUT2D eigenvalue weighted by Crippen LogP contribution is -2.38. The highest BCUT2D eigenvalue weighted by molar-refractivity contribution is 5.78. The summed E-state index contributed by atoms with van der Waals surface area (Å²) in [6.07, 6.45) is 1.64. The average molecular weight is 293 g/mol. The van der Waals surface area contributed by atoms with E-state index in [1.807, 2.05) is 31.3 Å². The average Bonchev–Trinajstić information content (AvgIpc) is 2.55. The van der Waals surface area contributed by atoms with Crippen molar-refractivity contribution >= 4 is 5.91 Å². The quantitative estimate of drug-likeness (QED) is 0.804. The highest BCUT2D eigenvalue weighted by Gasteiger charge is 2.24. The molecule has 1 saturated heterocycles. The molecule has 0 spiro atoms. The van der Waals surface area contributed by atoms with Crippen molar-refractivity contribution in [2.24, 2.45) is 5.92 Å². The van der Waals surface area contributed by atoms with Crippen molar-refractivity contribution < 1.29 is 19.0 Å². The Morgan fingerprint density at radius 3 is 2.48 bits per heavy atom. The van der Waals surface area contributed by atoms with Gasteiger partial charge in [0.1, 0.15) is 18.1 Å². The standard InChI is InChI=1S/C16H23NO4/c1-17(16(18)13-7-10-20-11-8-13)9-12-21-15-5-3-14(19-2)4-6-15/h3-6,13H,7-12H2,1-2H3. The van der Waals surface area contributed by atoms with Gasteiger partial charge in [0.05, 0.1) is 13.7 Å². The van der Waals surface area contributed by atoms with Crippen LogP contribution in [0.5, 0.6) is 11.5 Å². The number of rotatable bonds is 6. The zero-order valence-electron chi connectivity index (χ0n) is 12.7. The van der Waals surface area contributed by atoms with E-state index in [0.29, 0.717) is 26.4 Å². The van der Waals surface area contributed by atoms with Gasteiger partial charge in [0.25, 0.3) is 0 Å². The van der Waals surface area contributed by atoms with Crippen LogP contribution in [0.15, 0.2) is 24.3 Å². The first-order valence-corrected chi connectivity index (χ1v) is 7.30. The Morgan fingerprint density at radius 1 is 1.24 bits per heavy atom. The summed E-state index contributed by atoms with van der Waals surface area (Å²) < 4.78 is 16.0. The number of carbonyl (C=O) groups excluding carboxylic acids is 1. The van der Waals surface area contributed by atoms with E-state index in [1.165, 1.54) is 0 Å². The number of nitrogens with zero attached hydrogens (tertiary/aromatic N) is 1. The molecule has 1 heterocycles. The van der Waals surface area contributed by atoms with E-state index in [0.717, 1.165) is 24.3 Å². The first kappa shape index (κ1) is 15.6. The number of carbonyl (C=O) groups is 1. The number of ether oxygens (including phenoxy) is 3. The summed E-state index contributed by atoms with van der Waals surface area (Å²) in [6.45, 7) is 2.44. The van der Waals surface area contributed by atoms with Crippen LogP contribution < -0.4 is 9.47 Å². The molecule has 0 atom stereocenters. The Morgan fingerprint density at radius 2 is 1.86 bits per heavy atom. The van der Waals surface area contributed by atoms with Gasteiger partial charge in [-0.15, -0.1) is 0 Å². The van der Waals surface area contributed by atoms with Crippen LogP contribution in [0.25, 0.3) is 0 Å². The van der Waals surface area contributed by atoms with Crippen molar-refractivity contribution in [2.45, 2.75) is 12.8 Å². The fraction of sp³-hybridized carbons (Fsp3) is 0.562. The molecule has 0 aliphatic carbocycles. The molecule has 0 aromatic heterocycles. The molecule has 0 radical (unpaired) electrons. The van der Waals surface area contributed by atoms with Gasteiger partial charge < -0.3 is 19.1 Å². The Kier molecular flexibility index (Phi) is 5.87. The third kappa shape index (κ3) is 4.63. The number of amides is 1. The van der Waals surface area contributed by atoms with E-state index in [4.69, 9.17) is 14.2 Å². The fourth-order valence-corrected chi connectivity index (χ4v) is 2.34. The minimum Gasteiger partial charge on any atom is -0.497 e. The molecule has 1 fully saturated rings. The second-order valence-corrected chi connectivity index (χ2v) is 5.17. The van der Waals surface area contributed by atoms with Gasteiger partial charge in [-0.3, -0.25) is 4.79 Å². The van der Waals surface area contributed by atoms with Gasteiger partial charge in [-0.2, -0.15) is 0 Å². The molecule has 1 amide bonds. The molecule has 1 aliphatic rings. The van der Waals surface area contributed by atoms with Crippen LogP contribution in [0.3, 0.4) is 0 Å². The van der Waals surface area contributed by atoms with Gasteiger partial charge in [-0.05, 0) is 37.1 Å². The van der Waals surface area contributed by atoms with Crippen molar-refractivity contribution in [3.05, 3.63) is 24.3 Å². The first-order valence-electron chi connectivity index (χ1n) is 7.30. The third-order valence-corrected chi connectivity index (χ3v) is 3.70. The van der Waals surface area contributed by atoms with Crippen LogP contribution in [-0.2, 0) is 9.53 Å². The molecule has 2 rings (SSSR count). The van der Waals surface area contributed by atoms with E-state index in [1.54, 1.807) is 12.0 Å². The number of hydrogen-bond donors (Lipinski definition) is 0.